The first-order valence-corrected chi connectivity index (χ1v) is 9.00. The molecule has 3 rings (SSSR count). The van der Waals surface area contributed by atoms with Gasteiger partial charge in [-0.25, -0.2) is 4.79 Å². The lowest BCUT2D eigenvalue weighted by Crippen LogP contribution is -2.47. The summed E-state index contributed by atoms with van der Waals surface area (Å²) < 4.78 is 0. The van der Waals surface area contributed by atoms with Gasteiger partial charge in [0.15, 0.2) is 0 Å². The second kappa shape index (κ2) is 7.68. The Bertz CT molecular complexity index is 647. The Morgan fingerprint density at radius 3 is 2.64 bits per heavy atom. The molecule has 1 saturated carbocycles. The molecule has 1 heterocycles. The molecule has 1 aliphatic heterocycles. The molecule has 2 N–H and O–H groups in total. The van der Waals surface area contributed by atoms with Crippen molar-refractivity contribution < 1.29 is 14.4 Å². The van der Waals surface area contributed by atoms with Crippen LogP contribution in [0.25, 0.3) is 0 Å². The summed E-state index contributed by atoms with van der Waals surface area (Å²) in [5, 5.41) is 5.67. The van der Waals surface area contributed by atoms with Crippen LogP contribution in [0.1, 0.15) is 38.2 Å². The summed E-state index contributed by atoms with van der Waals surface area (Å²) in [4.78, 5) is 37.9. The highest BCUT2D eigenvalue weighted by Gasteiger charge is 2.39. The van der Waals surface area contributed by atoms with Crippen LogP contribution in [-0.4, -0.2) is 41.4 Å². The molecule has 0 aromatic heterocycles. The summed E-state index contributed by atoms with van der Waals surface area (Å²) >= 11 is 0. The lowest BCUT2D eigenvalue weighted by atomic mass is 9.86. The van der Waals surface area contributed by atoms with Crippen LogP contribution in [0.15, 0.2) is 30.3 Å². The summed E-state index contributed by atoms with van der Waals surface area (Å²) in [5.41, 5.74) is 0.975. The third-order valence-corrected chi connectivity index (χ3v) is 5.15. The Morgan fingerprint density at radius 2 is 1.92 bits per heavy atom. The zero-order valence-corrected chi connectivity index (χ0v) is 14.5. The fourth-order valence-electron chi connectivity index (χ4n) is 3.64. The topological polar surface area (TPSA) is 78.5 Å². The number of imide groups is 1. The van der Waals surface area contributed by atoms with E-state index in [1.807, 2.05) is 30.3 Å². The van der Waals surface area contributed by atoms with E-state index in [1.54, 1.807) is 0 Å². The molecule has 6 heteroatoms. The Labute approximate surface area is 148 Å². The van der Waals surface area contributed by atoms with Crippen LogP contribution in [0.2, 0.25) is 0 Å². The fraction of sp³-hybridized carbons (Fsp3) is 0.526. The number of hydrogen-bond donors (Lipinski definition) is 2. The van der Waals surface area contributed by atoms with E-state index in [1.165, 1.54) is 6.42 Å². The van der Waals surface area contributed by atoms with E-state index in [9.17, 15) is 14.4 Å². The second-order valence-corrected chi connectivity index (χ2v) is 7.05. The minimum Gasteiger partial charge on any atom is -0.352 e. The van der Waals surface area contributed by atoms with Crippen LogP contribution in [0.5, 0.6) is 0 Å². The van der Waals surface area contributed by atoms with Crippen molar-refractivity contribution in [3.05, 3.63) is 35.9 Å². The zero-order valence-electron chi connectivity index (χ0n) is 14.5. The van der Waals surface area contributed by atoms with Crippen LogP contribution in [-0.2, 0) is 16.0 Å². The number of amides is 4. The predicted octanol–water partition coefficient (Wildman–Crippen LogP) is 1.84. The summed E-state index contributed by atoms with van der Waals surface area (Å²) in [6.07, 6.45) is 4.80. The van der Waals surface area contributed by atoms with E-state index in [0.29, 0.717) is 12.3 Å². The molecule has 2 fully saturated rings. The largest absolute Gasteiger partial charge is 0.352 e. The third kappa shape index (κ3) is 4.18. The fourth-order valence-corrected chi connectivity index (χ4v) is 3.64. The molecule has 1 aromatic rings. The van der Waals surface area contributed by atoms with E-state index >= 15 is 0 Å². The van der Waals surface area contributed by atoms with Gasteiger partial charge in [0.25, 0.3) is 5.91 Å². The number of hydrogen-bond acceptors (Lipinski definition) is 3. The van der Waals surface area contributed by atoms with Crippen LogP contribution in [0.3, 0.4) is 0 Å². The maximum absolute atomic E-state index is 12.5. The van der Waals surface area contributed by atoms with E-state index in [2.05, 4.69) is 17.6 Å². The summed E-state index contributed by atoms with van der Waals surface area (Å²) in [6.45, 7) is 1.92. The van der Waals surface area contributed by atoms with Gasteiger partial charge < -0.3 is 10.6 Å². The average Bonchev–Trinajstić information content (AvgIpc) is 2.85. The minimum atomic E-state index is -0.601. The molecule has 4 amide bonds. The van der Waals surface area contributed by atoms with Crippen molar-refractivity contribution in [1.82, 2.24) is 15.5 Å². The third-order valence-electron chi connectivity index (χ3n) is 5.15. The Kier molecular flexibility index (Phi) is 5.36. The van der Waals surface area contributed by atoms with Crippen LogP contribution >= 0.6 is 0 Å². The SMILES string of the molecule is CC1CCCCC1NC(=O)CN1C(=O)NC(Cc2ccccc2)C1=O. The first kappa shape index (κ1) is 17.5. The molecule has 0 radical (unpaired) electrons. The normalized spacial score (nSPS) is 26.4. The molecule has 25 heavy (non-hydrogen) atoms. The number of carbonyl (C=O) groups excluding carboxylic acids is 3. The zero-order chi connectivity index (χ0) is 17.8. The molecule has 3 atom stereocenters. The van der Waals surface area contributed by atoms with Gasteiger partial charge in [0.1, 0.15) is 12.6 Å². The average molecular weight is 343 g/mol. The van der Waals surface area contributed by atoms with Crippen LogP contribution in [0.4, 0.5) is 4.79 Å². The number of urea groups is 1. The Morgan fingerprint density at radius 1 is 1.20 bits per heavy atom. The number of rotatable bonds is 5. The highest BCUT2D eigenvalue weighted by atomic mass is 16.2. The van der Waals surface area contributed by atoms with Gasteiger partial charge in [-0.05, 0) is 24.3 Å². The molecule has 6 nitrogen and oxygen atoms in total. The lowest BCUT2D eigenvalue weighted by molar-refractivity contribution is -0.132. The van der Waals surface area contributed by atoms with E-state index in [4.69, 9.17) is 0 Å². The van der Waals surface area contributed by atoms with Crippen molar-refractivity contribution in [2.24, 2.45) is 5.92 Å². The van der Waals surface area contributed by atoms with Gasteiger partial charge in [0, 0.05) is 12.5 Å². The smallest absolute Gasteiger partial charge is 0.325 e. The van der Waals surface area contributed by atoms with Crippen molar-refractivity contribution in [3.8, 4) is 0 Å². The first-order valence-electron chi connectivity index (χ1n) is 9.00. The highest BCUT2D eigenvalue weighted by molar-refractivity contribution is 6.06. The molecule has 3 unspecified atom stereocenters. The van der Waals surface area contributed by atoms with E-state index in [0.717, 1.165) is 29.7 Å². The minimum absolute atomic E-state index is 0.141. The van der Waals surface area contributed by atoms with Crippen molar-refractivity contribution in [1.29, 1.82) is 0 Å². The van der Waals surface area contributed by atoms with Crippen LogP contribution < -0.4 is 10.6 Å². The Hall–Kier alpha value is -2.37. The number of nitrogens with zero attached hydrogens (tertiary/aromatic N) is 1. The highest BCUT2D eigenvalue weighted by Crippen LogP contribution is 2.23. The number of benzene rings is 1. The molecule has 1 aromatic carbocycles. The second-order valence-electron chi connectivity index (χ2n) is 7.05. The van der Waals surface area contributed by atoms with E-state index < -0.39 is 12.1 Å². The summed E-state index contributed by atoms with van der Waals surface area (Å²) in [7, 11) is 0. The maximum Gasteiger partial charge on any atom is 0.325 e. The predicted molar refractivity (Wildman–Crippen MR) is 93.7 cm³/mol. The van der Waals surface area contributed by atoms with Crippen molar-refractivity contribution >= 4 is 17.8 Å². The van der Waals surface area contributed by atoms with Crippen molar-refractivity contribution in [2.45, 2.75) is 51.1 Å². The van der Waals surface area contributed by atoms with Gasteiger partial charge in [0.05, 0.1) is 0 Å². The summed E-state index contributed by atoms with van der Waals surface area (Å²) in [5.74, 6) is -0.157. The Balaban J connectivity index is 1.56. The van der Waals surface area contributed by atoms with Gasteiger partial charge in [-0.15, -0.1) is 0 Å². The lowest BCUT2D eigenvalue weighted by Gasteiger charge is -2.29. The first-order chi connectivity index (χ1) is 12.0. The molecule has 2 aliphatic rings. The molecular formula is C19H25N3O3. The van der Waals surface area contributed by atoms with E-state index in [-0.39, 0.29) is 24.4 Å². The number of nitrogens with one attached hydrogen (secondary N) is 2. The van der Waals surface area contributed by atoms with Crippen molar-refractivity contribution in [2.75, 3.05) is 6.54 Å². The maximum atomic E-state index is 12.5. The van der Waals surface area contributed by atoms with Gasteiger partial charge >= 0.3 is 6.03 Å². The quantitative estimate of drug-likeness (QED) is 0.801. The monoisotopic (exact) mass is 343 g/mol. The standard InChI is InChI=1S/C19H25N3O3/c1-13-7-5-6-10-15(13)20-17(23)12-22-18(24)16(21-19(22)25)11-14-8-3-2-4-9-14/h2-4,8-9,13,15-16H,5-7,10-12H2,1H3,(H,20,23)(H,21,25). The number of carbonyl (C=O) groups is 3. The molecule has 0 bridgehead atoms. The van der Waals surface area contributed by atoms with Crippen molar-refractivity contribution in [3.63, 3.8) is 0 Å². The van der Waals surface area contributed by atoms with Gasteiger partial charge in [-0.2, -0.15) is 0 Å². The van der Waals surface area contributed by atoms with Gasteiger partial charge in [-0.1, -0.05) is 50.1 Å². The molecule has 1 aliphatic carbocycles. The van der Waals surface area contributed by atoms with Gasteiger partial charge in [0.2, 0.25) is 5.91 Å². The summed E-state index contributed by atoms with van der Waals surface area (Å²) in [6, 6.07) is 8.58. The molecule has 0 spiro atoms. The molecular weight excluding hydrogens is 318 g/mol. The molecule has 134 valence electrons. The molecule has 1 saturated heterocycles. The van der Waals surface area contributed by atoms with Crippen LogP contribution in [0, 0.1) is 5.92 Å². The van der Waals surface area contributed by atoms with Gasteiger partial charge in [-0.3, -0.25) is 14.5 Å².